The Morgan fingerprint density at radius 2 is 1.37 bits per heavy atom. The van der Waals surface area contributed by atoms with Gasteiger partial charge in [0, 0.05) is 0 Å². The van der Waals surface area contributed by atoms with Gasteiger partial charge in [0.15, 0.2) is 0 Å². The fraction of sp³-hybridized carbons (Fsp3) is 0.762. The quantitative estimate of drug-likeness (QED) is 0.227. The van der Waals surface area contributed by atoms with Crippen LogP contribution in [0.25, 0.3) is 0 Å². The first kappa shape index (κ1) is 25.8. The number of hydrogen-bond acceptors (Lipinski definition) is 4. The number of aliphatic hydroxyl groups is 3. The standard InChI is InChI=1S/C21H39NO5/c1-3-5-7-9-11-19(24)17-22(15-16-23,14-13-21(26)27)18-20(25)12-10-8-6-4-2/h5-8,19-20,23-25H,3-4,9-18H2,1-2H3/p+1/b7-5+,8-6+. The number of carbonyl (C=O) groups is 1. The molecule has 0 amide bonds. The number of allylic oxidation sites excluding steroid dienone is 4. The molecule has 6 heteroatoms. The molecule has 0 aromatic carbocycles. The van der Waals surface area contributed by atoms with Crippen LogP contribution in [0.1, 0.15) is 58.8 Å². The van der Waals surface area contributed by atoms with E-state index in [4.69, 9.17) is 5.11 Å². The average molecular weight is 387 g/mol. The number of carboxylic acid groups (broad SMARTS) is 1. The van der Waals surface area contributed by atoms with Gasteiger partial charge >= 0.3 is 5.97 Å². The highest BCUT2D eigenvalue weighted by atomic mass is 16.4. The van der Waals surface area contributed by atoms with Gasteiger partial charge in [-0.05, 0) is 38.5 Å². The summed E-state index contributed by atoms with van der Waals surface area (Å²) in [6, 6.07) is 0. The Morgan fingerprint density at radius 3 is 1.74 bits per heavy atom. The highest BCUT2D eigenvalue weighted by Crippen LogP contribution is 2.16. The summed E-state index contributed by atoms with van der Waals surface area (Å²) >= 11 is 0. The molecular weight excluding hydrogens is 346 g/mol. The first-order valence-corrected chi connectivity index (χ1v) is 10.2. The summed E-state index contributed by atoms with van der Waals surface area (Å²) < 4.78 is 0.222. The molecule has 0 radical (unpaired) electrons. The lowest BCUT2D eigenvalue weighted by Gasteiger charge is -2.41. The van der Waals surface area contributed by atoms with E-state index in [2.05, 4.69) is 26.0 Å². The molecule has 0 aliphatic heterocycles. The molecule has 0 spiro atoms. The lowest BCUT2D eigenvalue weighted by molar-refractivity contribution is -0.933. The zero-order valence-corrected chi connectivity index (χ0v) is 17.1. The second kappa shape index (κ2) is 15.8. The first-order chi connectivity index (χ1) is 12.9. The molecule has 0 saturated heterocycles. The van der Waals surface area contributed by atoms with Crippen molar-refractivity contribution in [1.82, 2.24) is 0 Å². The van der Waals surface area contributed by atoms with Gasteiger partial charge in [-0.1, -0.05) is 38.2 Å². The van der Waals surface area contributed by atoms with Crippen molar-refractivity contribution in [1.29, 1.82) is 0 Å². The second-order valence-electron chi connectivity index (χ2n) is 7.24. The minimum atomic E-state index is -0.906. The molecule has 0 saturated carbocycles. The van der Waals surface area contributed by atoms with Crippen molar-refractivity contribution in [2.75, 3.05) is 32.8 Å². The van der Waals surface area contributed by atoms with Gasteiger partial charge in [0.1, 0.15) is 31.8 Å². The number of aliphatic carboxylic acids is 1. The molecule has 0 aliphatic rings. The molecular formula is C21H40NO5+. The van der Waals surface area contributed by atoms with Crippen molar-refractivity contribution in [2.24, 2.45) is 0 Å². The van der Waals surface area contributed by atoms with Crippen LogP contribution in [0.3, 0.4) is 0 Å². The fourth-order valence-electron chi connectivity index (χ4n) is 3.32. The summed E-state index contributed by atoms with van der Waals surface area (Å²) in [6.45, 7) is 5.31. The largest absolute Gasteiger partial charge is 0.481 e. The Hall–Kier alpha value is -1.21. The van der Waals surface area contributed by atoms with Crippen molar-refractivity contribution >= 4 is 5.97 Å². The van der Waals surface area contributed by atoms with Gasteiger partial charge in [-0.15, -0.1) is 0 Å². The van der Waals surface area contributed by atoms with Crippen molar-refractivity contribution in [3.05, 3.63) is 24.3 Å². The number of carboxylic acids is 1. The van der Waals surface area contributed by atoms with E-state index in [1.807, 2.05) is 12.2 Å². The molecule has 0 aliphatic carbocycles. The minimum absolute atomic E-state index is 0.0507. The second-order valence-corrected chi connectivity index (χ2v) is 7.24. The fourth-order valence-corrected chi connectivity index (χ4v) is 3.32. The Balaban J connectivity index is 4.99. The van der Waals surface area contributed by atoms with Crippen molar-refractivity contribution in [2.45, 2.75) is 71.0 Å². The third kappa shape index (κ3) is 13.6. The number of quaternary nitrogens is 1. The SMILES string of the molecule is CC/C=C/CCC(O)C[N+](CCO)(CCC(=O)O)CC(O)CC/C=C/CC. The van der Waals surface area contributed by atoms with Crippen LogP contribution in [0.5, 0.6) is 0 Å². The smallest absolute Gasteiger partial charge is 0.309 e. The van der Waals surface area contributed by atoms with E-state index in [1.165, 1.54) is 0 Å². The van der Waals surface area contributed by atoms with Gasteiger partial charge in [0.05, 0.1) is 19.6 Å². The third-order valence-electron chi connectivity index (χ3n) is 4.71. The Kier molecular flexibility index (Phi) is 15.1. The van der Waals surface area contributed by atoms with E-state index in [0.29, 0.717) is 39.0 Å². The minimum Gasteiger partial charge on any atom is -0.481 e. The van der Waals surface area contributed by atoms with Crippen molar-refractivity contribution < 1.29 is 29.7 Å². The molecule has 6 nitrogen and oxygen atoms in total. The summed E-state index contributed by atoms with van der Waals surface area (Å²) in [5.74, 6) is -0.906. The van der Waals surface area contributed by atoms with Crippen molar-refractivity contribution in [3.63, 3.8) is 0 Å². The van der Waals surface area contributed by atoms with Gasteiger partial charge < -0.3 is 24.9 Å². The summed E-state index contributed by atoms with van der Waals surface area (Å²) in [5.41, 5.74) is 0. The molecule has 27 heavy (non-hydrogen) atoms. The van der Waals surface area contributed by atoms with Crippen LogP contribution in [0.2, 0.25) is 0 Å². The van der Waals surface area contributed by atoms with E-state index in [9.17, 15) is 20.1 Å². The Bertz CT molecular complexity index is 410. The highest BCUT2D eigenvalue weighted by Gasteiger charge is 2.33. The summed E-state index contributed by atoms with van der Waals surface area (Å²) in [4.78, 5) is 11.1. The molecule has 0 aromatic rings. The van der Waals surface area contributed by atoms with Gasteiger partial charge in [0.2, 0.25) is 0 Å². The van der Waals surface area contributed by atoms with Crippen LogP contribution in [0.4, 0.5) is 0 Å². The topological polar surface area (TPSA) is 98.0 Å². The normalized spacial score (nSPS) is 16.6. The van der Waals surface area contributed by atoms with Gasteiger partial charge in [-0.2, -0.15) is 0 Å². The number of aliphatic hydroxyl groups excluding tert-OH is 3. The van der Waals surface area contributed by atoms with E-state index in [-0.39, 0.29) is 17.5 Å². The average Bonchev–Trinajstić information content (AvgIpc) is 2.61. The molecule has 0 aromatic heterocycles. The summed E-state index contributed by atoms with van der Waals surface area (Å²) in [7, 11) is 0. The first-order valence-electron chi connectivity index (χ1n) is 10.2. The van der Waals surface area contributed by atoms with E-state index >= 15 is 0 Å². The van der Waals surface area contributed by atoms with Crippen LogP contribution in [-0.2, 0) is 4.79 Å². The van der Waals surface area contributed by atoms with Crippen LogP contribution >= 0.6 is 0 Å². The maximum atomic E-state index is 11.1. The molecule has 0 fully saturated rings. The van der Waals surface area contributed by atoms with Crippen LogP contribution in [-0.4, -0.2) is 75.9 Å². The van der Waals surface area contributed by atoms with Crippen LogP contribution in [0, 0.1) is 0 Å². The number of hydrogen-bond donors (Lipinski definition) is 4. The predicted molar refractivity (Wildman–Crippen MR) is 108 cm³/mol. The maximum absolute atomic E-state index is 11.1. The molecule has 158 valence electrons. The lowest BCUT2D eigenvalue weighted by Crippen LogP contribution is -2.58. The van der Waals surface area contributed by atoms with E-state index < -0.39 is 18.2 Å². The monoisotopic (exact) mass is 386 g/mol. The zero-order valence-electron chi connectivity index (χ0n) is 17.1. The molecule has 0 bridgehead atoms. The summed E-state index contributed by atoms with van der Waals surface area (Å²) in [6.07, 6.45) is 11.6. The molecule has 0 rings (SSSR count). The van der Waals surface area contributed by atoms with E-state index in [1.54, 1.807) is 0 Å². The van der Waals surface area contributed by atoms with Gasteiger partial charge in [-0.3, -0.25) is 4.79 Å². The molecule has 4 N–H and O–H groups in total. The van der Waals surface area contributed by atoms with Gasteiger partial charge in [-0.25, -0.2) is 0 Å². The molecule has 2 unspecified atom stereocenters. The summed E-state index contributed by atoms with van der Waals surface area (Å²) in [5, 5.41) is 39.6. The Morgan fingerprint density at radius 1 is 0.889 bits per heavy atom. The highest BCUT2D eigenvalue weighted by molar-refractivity contribution is 5.66. The maximum Gasteiger partial charge on any atom is 0.309 e. The third-order valence-corrected chi connectivity index (χ3v) is 4.71. The van der Waals surface area contributed by atoms with Crippen LogP contribution in [0.15, 0.2) is 24.3 Å². The molecule has 2 atom stereocenters. The van der Waals surface area contributed by atoms with Gasteiger partial charge in [0.25, 0.3) is 0 Å². The number of rotatable bonds is 17. The van der Waals surface area contributed by atoms with Crippen LogP contribution < -0.4 is 0 Å². The van der Waals surface area contributed by atoms with Crippen molar-refractivity contribution in [3.8, 4) is 0 Å². The predicted octanol–water partition coefficient (Wildman–Crippen LogP) is 2.48. The zero-order chi connectivity index (χ0) is 20.5. The molecule has 0 heterocycles. The number of nitrogens with zero attached hydrogens (tertiary/aromatic N) is 1. The lowest BCUT2D eigenvalue weighted by atomic mass is 10.1. The van der Waals surface area contributed by atoms with E-state index in [0.717, 1.165) is 25.7 Å². The Labute approximate surface area is 164 Å².